The average molecular weight is 202 g/mol. The van der Waals surface area contributed by atoms with Gasteiger partial charge in [-0.15, -0.1) is 0 Å². The van der Waals surface area contributed by atoms with Crippen LogP contribution in [0.25, 0.3) is 0 Å². The predicted molar refractivity (Wildman–Crippen MR) is 68.2 cm³/mol. The highest BCUT2D eigenvalue weighted by Gasteiger charge is 2.00. The van der Waals surface area contributed by atoms with Crippen molar-refractivity contribution in [2.45, 2.75) is 40.5 Å². The van der Waals surface area contributed by atoms with Crippen molar-refractivity contribution in [3.05, 3.63) is 47.0 Å². The van der Waals surface area contributed by atoms with Crippen LogP contribution in [-0.2, 0) is 6.42 Å². The number of hydrogen-bond acceptors (Lipinski definition) is 0. The van der Waals surface area contributed by atoms with Crippen LogP contribution in [-0.4, -0.2) is 0 Å². The molecular weight excluding hydrogens is 180 g/mol. The maximum absolute atomic E-state index is 2.31. The maximum Gasteiger partial charge on any atom is -0.0218 e. The van der Waals surface area contributed by atoms with Gasteiger partial charge in [0.15, 0.2) is 0 Å². The quantitative estimate of drug-likeness (QED) is 0.633. The summed E-state index contributed by atoms with van der Waals surface area (Å²) in [6.07, 6.45) is 6.86. The fraction of sp³-hybridized carbons (Fsp3) is 0.467. The summed E-state index contributed by atoms with van der Waals surface area (Å²) >= 11 is 0. The van der Waals surface area contributed by atoms with Crippen LogP contribution in [0, 0.1) is 19.8 Å². The first kappa shape index (κ1) is 12.0. The van der Waals surface area contributed by atoms with E-state index in [9.17, 15) is 0 Å². The third kappa shape index (κ3) is 3.91. The number of benzene rings is 1. The zero-order chi connectivity index (χ0) is 11.3. The van der Waals surface area contributed by atoms with Gasteiger partial charge >= 0.3 is 0 Å². The summed E-state index contributed by atoms with van der Waals surface area (Å²) in [5, 5.41) is 0. The van der Waals surface area contributed by atoms with E-state index >= 15 is 0 Å². The minimum atomic E-state index is 0.645. The standard InChI is InChI=1S/C15H22/c1-5-6-7-12(2)10-15-9-8-13(3)14(4)11-15/h6-9,11-12H,5,10H2,1-4H3/b7-6-. The molecule has 0 amide bonds. The first-order chi connectivity index (χ1) is 7.13. The molecule has 0 aliphatic heterocycles. The zero-order valence-electron chi connectivity index (χ0n) is 10.4. The first-order valence-corrected chi connectivity index (χ1v) is 5.86. The van der Waals surface area contributed by atoms with Gasteiger partial charge in [0.25, 0.3) is 0 Å². The molecule has 0 N–H and O–H groups in total. The summed E-state index contributed by atoms with van der Waals surface area (Å²) in [4.78, 5) is 0. The topological polar surface area (TPSA) is 0 Å². The molecule has 1 atom stereocenters. The molecule has 1 unspecified atom stereocenters. The highest BCUT2D eigenvalue weighted by Crippen LogP contribution is 2.14. The Morgan fingerprint density at radius 2 is 1.93 bits per heavy atom. The monoisotopic (exact) mass is 202 g/mol. The SMILES string of the molecule is CC/C=C\C(C)Cc1ccc(C)c(C)c1. The minimum absolute atomic E-state index is 0.645. The van der Waals surface area contributed by atoms with Crippen molar-refractivity contribution >= 4 is 0 Å². The maximum atomic E-state index is 2.31. The van der Waals surface area contributed by atoms with Gasteiger partial charge in [0.2, 0.25) is 0 Å². The second-order valence-electron chi connectivity index (χ2n) is 4.44. The average Bonchev–Trinajstić information content (AvgIpc) is 2.20. The van der Waals surface area contributed by atoms with Gasteiger partial charge in [0, 0.05) is 0 Å². The van der Waals surface area contributed by atoms with Gasteiger partial charge in [-0.25, -0.2) is 0 Å². The van der Waals surface area contributed by atoms with Crippen molar-refractivity contribution in [3.63, 3.8) is 0 Å². The van der Waals surface area contributed by atoms with Crippen LogP contribution in [0.4, 0.5) is 0 Å². The van der Waals surface area contributed by atoms with E-state index in [0.717, 1.165) is 12.8 Å². The first-order valence-electron chi connectivity index (χ1n) is 5.86. The molecule has 0 aliphatic carbocycles. The molecule has 0 saturated carbocycles. The summed E-state index contributed by atoms with van der Waals surface area (Å²) in [5.74, 6) is 0.645. The lowest BCUT2D eigenvalue weighted by Gasteiger charge is -2.08. The molecule has 1 aromatic carbocycles. The summed E-state index contributed by atoms with van der Waals surface area (Å²) in [6.45, 7) is 8.81. The zero-order valence-corrected chi connectivity index (χ0v) is 10.4. The van der Waals surface area contributed by atoms with Gasteiger partial charge in [-0.3, -0.25) is 0 Å². The largest absolute Gasteiger partial charge is 0.0885 e. The van der Waals surface area contributed by atoms with Crippen LogP contribution in [0.3, 0.4) is 0 Å². The van der Waals surface area contributed by atoms with Crippen LogP contribution in [0.1, 0.15) is 37.0 Å². The molecule has 0 heterocycles. The van der Waals surface area contributed by atoms with Crippen LogP contribution in [0.2, 0.25) is 0 Å². The number of aryl methyl sites for hydroxylation is 2. The van der Waals surface area contributed by atoms with Gasteiger partial charge in [0.1, 0.15) is 0 Å². The van der Waals surface area contributed by atoms with Gasteiger partial charge in [-0.05, 0) is 49.3 Å². The Labute approximate surface area is 94.0 Å². The van der Waals surface area contributed by atoms with Crippen molar-refractivity contribution in [2.24, 2.45) is 5.92 Å². The summed E-state index contributed by atoms with van der Waals surface area (Å²) in [6, 6.07) is 6.78. The van der Waals surface area contributed by atoms with Crippen molar-refractivity contribution in [1.82, 2.24) is 0 Å². The summed E-state index contributed by atoms with van der Waals surface area (Å²) in [7, 11) is 0. The van der Waals surface area contributed by atoms with Crippen LogP contribution in [0.5, 0.6) is 0 Å². The Balaban J connectivity index is 2.64. The van der Waals surface area contributed by atoms with E-state index in [4.69, 9.17) is 0 Å². The van der Waals surface area contributed by atoms with Gasteiger partial charge in [0.05, 0.1) is 0 Å². The van der Waals surface area contributed by atoms with Crippen molar-refractivity contribution in [1.29, 1.82) is 0 Å². The van der Waals surface area contributed by atoms with E-state index in [1.807, 2.05) is 0 Å². The second kappa shape index (κ2) is 5.75. The predicted octanol–water partition coefficient (Wildman–Crippen LogP) is 4.45. The lowest BCUT2D eigenvalue weighted by molar-refractivity contribution is 0.720. The molecule has 0 nitrogen and oxygen atoms in total. The molecule has 0 aromatic heterocycles. The van der Waals surface area contributed by atoms with Crippen LogP contribution >= 0.6 is 0 Å². The van der Waals surface area contributed by atoms with E-state index in [0.29, 0.717) is 5.92 Å². The molecule has 1 rings (SSSR count). The van der Waals surface area contributed by atoms with Gasteiger partial charge < -0.3 is 0 Å². The Bertz CT molecular complexity index is 334. The van der Waals surface area contributed by atoms with Crippen LogP contribution in [0.15, 0.2) is 30.4 Å². The molecule has 0 radical (unpaired) electrons. The summed E-state index contributed by atoms with van der Waals surface area (Å²) in [5.41, 5.74) is 4.24. The Hall–Kier alpha value is -1.04. The number of hydrogen-bond donors (Lipinski definition) is 0. The van der Waals surface area contributed by atoms with Crippen molar-refractivity contribution in [2.75, 3.05) is 0 Å². The lowest BCUT2D eigenvalue weighted by atomic mass is 9.97. The minimum Gasteiger partial charge on any atom is -0.0885 e. The van der Waals surface area contributed by atoms with Crippen molar-refractivity contribution in [3.8, 4) is 0 Å². The second-order valence-corrected chi connectivity index (χ2v) is 4.44. The third-order valence-corrected chi connectivity index (χ3v) is 2.83. The molecule has 0 heteroatoms. The van der Waals surface area contributed by atoms with E-state index < -0.39 is 0 Å². The molecule has 0 saturated heterocycles. The Kier molecular flexibility index (Phi) is 4.61. The van der Waals surface area contributed by atoms with Gasteiger partial charge in [-0.2, -0.15) is 0 Å². The fourth-order valence-electron chi connectivity index (χ4n) is 1.74. The smallest absolute Gasteiger partial charge is 0.0218 e. The summed E-state index contributed by atoms with van der Waals surface area (Å²) < 4.78 is 0. The third-order valence-electron chi connectivity index (χ3n) is 2.83. The molecule has 82 valence electrons. The van der Waals surface area contributed by atoms with E-state index in [1.165, 1.54) is 16.7 Å². The highest BCUT2D eigenvalue weighted by atomic mass is 14.1. The van der Waals surface area contributed by atoms with E-state index in [1.54, 1.807) is 0 Å². The van der Waals surface area contributed by atoms with E-state index in [-0.39, 0.29) is 0 Å². The fourth-order valence-corrected chi connectivity index (χ4v) is 1.74. The number of allylic oxidation sites excluding steroid dienone is 2. The van der Waals surface area contributed by atoms with Crippen LogP contribution < -0.4 is 0 Å². The van der Waals surface area contributed by atoms with Crippen molar-refractivity contribution < 1.29 is 0 Å². The molecule has 15 heavy (non-hydrogen) atoms. The van der Waals surface area contributed by atoms with E-state index in [2.05, 4.69) is 58.0 Å². The van der Waals surface area contributed by atoms with Gasteiger partial charge in [-0.1, -0.05) is 44.2 Å². The Morgan fingerprint density at radius 1 is 1.20 bits per heavy atom. The molecule has 1 aromatic rings. The molecular formula is C15H22. The highest BCUT2D eigenvalue weighted by molar-refractivity contribution is 5.30. The number of rotatable bonds is 4. The molecule has 0 bridgehead atoms. The Morgan fingerprint density at radius 3 is 2.53 bits per heavy atom. The molecule has 0 fully saturated rings. The normalized spacial score (nSPS) is 13.3. The lowest BCUT2D eigenvalue weighted by Crippen LogP contribution is -1.96. The molecule has 0 aliphatic rings. The molecule has 0 spiro atoms.